The zero-order valence-corrected chi connectivity index (χ0v) is 4.38. The van der Waals surface area contributed by atoms with Crippen LogP contribution in [-0.2, 0) is 0 Å². The normalized spacial score (nSPS) is 6.60. The van der Waals surface area contributed by atoms with Crippen molar-refractivity contribution in [3.05, 3.63) is 0 Å². The zero-order chi connectivity index (χ0) is 4.12. The predicted octanol–water partition coefficient (Wildman–Crippen LogP) is -0.864. The maximum atomic E-state index is 2.04. The molecule has 0 heterocycles. The Bertz CT molecular complexity index is 33.9. The molecule has 0 fully saturated rings. The zero-order valence-electron chi connectivity index (χ0n) is 3.56. The Balaban J connectivity index is 2.62. The Morgan fingerprint density at radius 1 is 1.80 bits per heavy atom. The van der Waals surface area contributed by atoms with Crippen molar-refractivity contribution in [2.45, 2.75) is 0 Å². The maximum absolute atomic E-state index is 2.04. The van der Waals surface area contributed by atoms with Gasteiger partial charge in [-0.3, -0.25) is 0 Å². The van der Waals surface area contributed by atoms with Crippen LogP contribution in [0.1, 0.15) is 0 Å². The molecule has 4 heteroatoms. The van der Waals surface area contributed by atoms with Gasteiger partial charge in [-0.2, -0.15) is 0 Å². The Morgan fingerprint density at radius 3 is 2.40 bits per heavy atom. The van der Waals surface area contributed by atoms with Crippen molar-refractivity contribution in [3.8, 4) is 0 Å². The van der Waals surface area contributed by atoms with Crippen LogP contribution >= 0.6 is 11.6 Å². The molecule has 24 valence electrons. The summed E-state index contributed by atoms with van der Waals surface area (Å²) in [7, 11) is 2.01. The van der Waals surface area contributed by atoms with Crippen molar-refractivity contribution in [1.82, 2.24) is 0 Å². The second-order valence-corrected chi connectivity index (χ2v) is 1.45. The van der Waals surface area contributed by atoms with Gasteiger partial charge in [0.1, 0.15) is 0 Å². The molecule has 0 saturated heterocycles. The summed E-state index contributed by atoms with van der Waals surface area (Å²) < 4.78 is 0. The first kappa shape index (κ1) is 5.54. The first-order chi connectivity index (χ1) is 2.41. The number of hydrogen-bond acceptors (Lipinski definition) is 1. The topological polar surface area (TPSA) is 0 Å². The Labute approximate surface area is 39.1 Å². The quantitative estimate of drug-likeness (QED) is 0.370. The molecule has 0 aromatic heterocycles. The third-order valence-electron chi connectivity index (χ3n) is 0.272. The van der Waals surface area contributed by atoms with Crippen molar-refractivity contribution >= 4 is 32.1 Å². The summed E-state index contributed by atoms with van der Waals surface area (Å²) in [5.41, 5.74) is 0. The number of rotatable bonds is 1. The summed E-state index contributed by atoms with van der Waals surface area (Å²) in [6.07, 6.45) is 4.08. The van der Waals surface area contributed by atoms with Crippen LogP contribution in [-0.4, -0.2) is 26.8 Å². The van der Waals surface area contributed by atoms with E-state index in [0.717, 1.165) is 0 Å². The van der Waals surface area contributed by atoms with Crippen LogP contribution < -0.4 is 0 Å². The molecule has 0 unspecified atom stereocenters. The standard InChI is InChI=1S/CH5B3S/c1-5-4-3-2/h2H2,1H3. The average molecular weight is 81.6 g/mol. The van der Waals surface area contributed by atoms with Crippen LogP contribution in [0, 0.1) is 0 Å². The van der Waals surface area contributed by atoms with E-state index >= 15 is 0 Å². The van der Waals surface area contributed by atoms with Gasteiger partial charge in [0.25, 0.3) is 0 Å². The summed E-state index contributed by atoms with van der Waals surface area (Å²) in [4.78, 5) is 0. The molecule has 0 aromatic rings. The minimum atomic E-state index is 1.72. The third-order valence-corrected chi connectivity index (χ3v) is 0.816. The Hall–Kier alpha value is 0.545. The Kier molecular flexibility index (Phi) is 5.04. The van der Waals surface area contributed by atoms with Gasteiger partial charge in [0.15, 0.2) is 0 Å². The molecule has 0 radical (unpaired) electrons. The molecule has 0 amide bonds. The molecule has 0 saturated carbocycles. The van der Waals surface area contributed by atoms with E-state index in [9.17, 15) is 0 Å². The first-order valence-electron chi connectivity index (χ1n) is 1.55. The first-order valence-corrected chi connectivity index (χ1v) is 2.84. The molecule has 0 aliphatic carbocycles. The van der Waals surface area contributed by atoms with E-state index < -0.39 is 0 Å². The van der Waals surface area contributed by atoms with E-state index in [4.69, 9.17) is 0 Å². The van der Waals surface area contributed by atoms with E-state index in [1.807, 2.05) is 26.8 Å². The van der Waals surface area contributed by atoms with Gasteiger partial charge < -0.3 is 0 Å². The summed E-state index contributed by atoms with van der Waals surface area (Å²) in [6.45, 7) is 2.02. The molecule has 0 aromatic carbocycles. The Morgan fingerprint density at radius 2 is 2.40 bits per heavy atom. The summed E-state index contributed by atoms with van der Waals surface area (Å²) in [6, 6.07) is 0. The molecular formula is CH5B3S. The van der Waals surface area contributed by atoms with Crippen LogP contribution in [0.5, 0.6) is 0 Å². The molecule has 0 aliphatic rings. The van der Waals surface area contributed by atoms with E-state index in [1.54, 1.807) is 11.6 Å². The molecule has 0 bridgehead atoms. The van der Waals surface area contributed by atoms with E-state index in [-0.39, 0.29) is 0 Å². The van der Waals surface area contributed by atoms with Crippen LogP contribution in [0.3, 0.4) is 0 Å². The van der Waals surface area contributed by atoms with Gasteiger partial charge in [0.05, 0.1) is 0 Å². The fourth-order valence-corrected chi connectivity index (χ4v) is 0.408. The van der Waals surface area contributed by atoms with E-state index in [2.05, 4.69) is 0 Å². The van der Waals surface area contributed by atoms with Crippen molar-refractivity contribution < 1.29 is 0 Å². The molecular weight excluding hydrogens is 76.5 g/mol. The monoisotopic (exact) mass is 82.0 g/mol. The minimum absolute atomic E-state index is 1.72. The van der Waals surface area contributed by atoms with Crippen molar-refractivity contribution in [1.29, 1.82) is 0 Å². The average Bonchev–Trinajstić information content (AvgIpc) is 1.41. The van der Waals surface area contributed by atoms with E-state index in [1.165, 1.54) is 0 Å². The van der Waals surface area contributed by atoms with Crippen LogP contribution in [0.2, 0.25) is 0 Å². The molecule has 0 N–H and O–H groups in total. The summed E-state index contributed by atoms with van der Waals surface area (Å²) in [5, 5.41) is 0. The van der Waals surface area contributed by atoms with Crippen molar-refractivity contribution in [2.75, 3.05) is 6.26 Å². The number of hydrogen-bond donors (Lipinski definition) is 0. The fraction of sp³-hybridized carbons (Fsp3) is 1.00. The second kappa shape index (κ2) is 4.54. The molecule has 0 nitrogen and oxygen atoms in total. The van der Waals surface area contributed by atoms with Crippen LogP contribution in [0.25, 0.3) is 0 Å². The fourth-order valence-electron chi connectivity index (χ4n) is 0.136. The SMILES string of the molecule is BB=BSC. The van der Waals surface area contributed by atoms with Gasteiger partial charge >= 0.3 is 38.4 Å². The summed E-state index contributed by atoms with van der Waals surface area (Å²) >= 11 is 1.72. The van der Waals surface area contributed by atoms with Gasteiger partial charge in [-0.05, 0) is 0 Å². The van der Waals surface area contributed by atoms with Gasteiger partial charge in [-0.15, -0.1) is 0 Å². The molecule has 0 atom stereocenters. The third kappa shape index (κ3) is 4.54. The van der Waals surface area contributed by atoms with Crippen molar-refractivity contribution in [3.63, 3.8) is 0 Å². The van der Waals surface area contributed by atoms with Crippen LogP contribution in [0.15, 0.2) is 0 Å². The van der Waals surface area contributed by atoms with Gasteiger partial charge in [-0.25, -0.2) is 0 Å². The van der Waals surface area contributed by atoms with Gasteiger partial charge in [0.2, 0.25) is 0 Å². The van der Waals surface area contributed by atoms with Gasteiger partial charge in [0, 0.05) is 0 Å². The summed E-state index contributed by atoms with van der Waals surface area (Å²) in [5.74, 6) is 0. The van der Waals surface area contributed by atoms with Gasteiger partial charge in [-0.1, -0.05) is 0 Å². The molecule has 5 heavy (non-hydrogen) atoms. The molecule has 0 rings (SSSR count). The molecule has 0 spiro atoms. The predicted molar refractivity (Wildman–Crippen MR) is 33.6 cm³/mol. The van der Waals surface area contributed by atoms with Crippen molar-refractivity contribution in [2.24, 2.45) is 0 Å². The van der Waals surface area contributed by atoms with E-state index in [0.29, 0.717) is 0 Å². The van der Waals surface area contributed by atoms with Crippen LogP contribution in [0.4, 0.5) is 0 Å². The second-order valence-electron chi connectivity index (χ2n) is 0.705. The molecule has 0 aliphatic heterocycles.